The van der Waals surface area contributed by atoms with Gasteiger partial charge in [-0.25, -0.2) is 13.2 Å². The number of carbonyl (C=O) groups is 1. The van der Waals surface area contributed by atoms with Gasteiger partial charge in [0.2, 0.25) is 0 Å². The van der Waals surface area contributed by atoms with Crippen molar-refractivity contribution in [1.82, 2.24) is 0 Å². The molecular weight excluding hydrogens is 350 g/mol. The topological polar surface area (TPSA) is 55.1 Å². The lowest BCUT2D eigenvalue weighted by molar-refractivity contribution is -0.274. The van der Waals surface area contributed by atoms with Crippen LogP contribution < -0.4 is 11.1 Å². The molecule has 1 unspecified atom stereocenters. The zero-order valence-electron chi connectivity index (χ0n) is 12.4. The molecule has 134 valence electrons. The van der Waals surface area contributed by atoms with Gasteiger partial charge >= 0.3 is 6.18 Å². The molecule has 2 aromatic rings. The molecule has 3 nitrogen and oxygen atoms in total. The molecule has 2 aromatic carbocycles. The van der Waals surface area contributed by atoms with Crippen molar-refractivity contribution in [2.75, 3.05) is 11.1 Å². The lowest BCUT2D eigenvalue weighted by atomic mass is 9.92. The van der Waals surface area contributed by atoms with Crippen molar-refractivity contribution in [1.29, 1.82) is 0 Å². The van der Waals surface area contributed by atoms with Crippen molar-refractivity contribution in [3.05, 3.63) is 59.7 Å². The summed E-state index contributed by atoms with van der Waals surface area (Å²) in [5, 5.41) is 1.99. The van der Waals surface area contributed by atoms with Gasteiger partial charge in [0.25, 0.3) is 18.0 Å². The fraction of sp³-hybridized carbons (Fsp3) is 0.188. The summed E-state index contributed by atoms with van der Waals surface area (Å²) in [4.78, 5) is 12.1. The van der Waals surface area contributed by atoms with Crippen LogP contribution in [0.2, 0.25) is 0 Å². The van der Waals surface area contributed by atoms with E-state index in [-0.39, 0.29) is 5.56 Å². The number of nitrogens with one attached hydrogen (secondary N) is 1. The van der Waals surface area contributed by atoms with Gasteiger partial charge in [0.15, 0.2) is 0 Å². The molecule has 0 bridgehead atoms. The molecule has 2 rings (SSSR count). The van der Waals surface area contributed by atoms with Crippen LogP contribution in [-0.4, -0.2) is 18.5 Å². The molecular formula is C16H12F6N2O. The minimum atomic E-state index is -5.92. The van der Waals surface area contributed by atoms with Crippen LogP contribution in [0.25, 0.3) is 0 Å². The largest absolute Gasteiger partial charge is 0.432 e. The smallest absolute Gasteiger partial charge is 0.397 e. The lowest BCUT2D eigenvalue weighted by Gasteiger charge is -2.29. The summed E-state index contributed by atoms with van der Waals surface area (Å²) in [7, 11) is 0. The Hall–Kier alpha value is -2.71. The van der Waals surface area contributed by atoms with E-state index in [1.165, 1.54) is 24.3 Å². The molecule has 0 aromatic heterocycles. The first-order valence-corrected chi connectivity index (χ1v) is 6.88. The molecule has 0 spiro atoms. The molecule has 0 saturated carbocycles. The number of halogens is 6. The zero-order chi connectivity index (χ0) is 18.8. The molecule has 3 N–H and O–H groups in total. The third kappa shape index (κ3) is 3.40. The van der Waals surface area contributed by atoms with Crippen molar-refractivity contribution in [2.45, 2.75) is 18.3 Å². The van der Waals surface area contributed by atoms with Crippen LogP contribution in [0.4, 0.5) is 37.7 Å². The second kappa shape index (κ2) is 6.66. The Morgan fingerprint density at radius 2 is 1.56 bits per heavy atom. The van der Waals surface area contributed by atoms with E-state index < -0.39 is 41.1 Å². The van der Waals surface area contributed by atoms with Gasteiger partial charge < -0.3 is 11.1 Å². The number of hydrogen-bond donors (Lipinski definition) is 2. The molecule has 0 heterocycles. The molecule has 0 aliphatic rings. The van der Waals surface area contributed by atoms with E-state index in [4.69, 9.17) is 5.73 Å². The fourth-order valence-corrected chi connectivity index (χ4v) is 2.18. The summed E-state index contributed by atoms with van der Waals surface area (Å²) in [5.74, 6) is -0.918. The van der Waals surface area contributed by atoms with Crippen LogP contribution in [0.15, 0.2) is 48.5 Å². The Balaban J connectivity index is 2.55. The average Bonchev–Trinajstić information content (AvgIpc) is 2.55. The van der Waals surface area contributed by atoms with Gasteiger partial charge in [-0.15, -0.1) is 0 Å². The molecule has 9 heteroatoms. The minimum Gasteiger partial charge on any atom is -0.397 e. The monoisotopic (exact) mass is 362 g/mol. The van der Waals surface area contributed by atoms with Crippen LogP contribution in [0.5, 0.6) is 0 Å². The Morgan fingerprint density at radius 1 is 0.960 bits per heavy atom. The van der Waals surface area contributed by atoms with Crippen LogP contribution >= 0.6 is 0 Å². The Kier molecular flexibility index (Phi) is 4.96. The third-order valence-corrected chi connectivity index (χ3v) is 3.48. The van der Waals surface area contributed by atoms with E-state index >= 15 is 0 Å². The van der Waals surface area contributed by atoms with Crippen molar-refractivity contribution in [2.24, 2.45) is 0 Å². The highest BCUT2D eigenvalue weighted by Gasteiger charge is 2.65. The summed E-state index contributed by atoms with van der Waals surface area (Å²) >= 11 is 0. The van der Waals surface area contributed by atoms with Gasteiger partial charge in [-0.1, -0.05) is 30.3 Å². The number of benzene rings is 2. The van der Waals surface area contributed by atoms with E-state index in [1.54, 1.807) is 6.07 Å². The molecule has 1 atom stereocenters. The van der Waals surface area contributed by atoms with E-state index in [2.05, 4.69) is 0 Å². The zero-order valence-corrected chi connectivity index (χ0v) is 12.4. The Labute approximate surface area is 138 Å². The van der Waals surface area contributed by atoms with Gasteiger partial charge in [0.1, 0.15) is 0 Å². The molecule has 0 aliphatic heterocycles. The summed E-state index contributed by atoms with van der Waals surface area (Å²) in [5.41, 5.74) is -2.25. The fourth-order valence-electron chi connectivity index (χ4n) is 2.18. The summed E-state index contributed by atoms with van der Waals surface area (Å²) in [6, 6.07) is 9.71. The molecule has 0 saturated heterocycles. The van der Waals surface area contributed by atoms with Crippen LogP contribution in [0, 0.1) is 0 Å². The predicted molar refractivity (Wildman–Crippen MR) is 80.1 cm³/mol. The van der Waals surface area contributed by atoms with E-state index in [0.717, 1.165) is 12.1 Å². The van der Waals surface area contributed by atoms with Crippen LogP contribution in [-0.2, 0) is 5.67 Å². The minimum absolute atomic E-state index is 0.0326. The molecule has 1 amide bonds. The number of anilines is 2. The molecule has 25 heavy (non-hydrogen) atoms. The number of para-hydroxylation sites is 1. The number of amides is 1. The van der Waals surface area contributed by atoms with Crippen LogP contribution in [0.3, 0.4) is 0 Å². The number of carbonyl (C=O) groups excluding carboxylic acids is 1. The van der Waals surface area contributed by atoms with Gasteiger partial charge in [0.05, 0.1) is 11.4 Å². The maximum absolute atomic E-state index is 14.4. The van der Waals surface area contributed by atoms with Crippen molar-refractivity contribution in [3.63, 3.8) is 0 Å². The average molecular weight is 362 g/mol. The Bertz CT molecular complexity index is 763. The number of nitrogen functional groups attached to an aromatic ring is 1. The highest BCUT2D eigenvalue weighted by atomic mass is 19.4. The first-order valence-electron chi connectivity index (χ1n) is 6.88. The maximum Gasteiger partial charge on any atom is 0.432 e. The summed E-state index contributed by atoms with van der Waals surface area (Å²) < 4.78 is 79.4. The summed E-state index contributed by atoms with van der Waals surface area (Å²) in [6.45, 7) is 0. The molecule has 0 aliphatic carbocycles. The Morgan fingerprint density at radius 3 is 2.08 bits per heavy atom. The highest BCUT2D eigenvalue weighted by molar-refractivity contribution is 6.06. The SMILES string of the molecule is Nc1cccc(C(F)(C(F)F)C(F)(F)F)c1NC(=O)c1ccccc1. The molecule has 0 fully saturated rings. The van der Waals surface area contributed by atoms with Crippen molar-refractivity contribution in [3.8, 4) is 0 Å². The molecule has 0 radical (unpaired) electrons. The van der Waals surface area contributed by atoms with Gasteiger partial charge in [-0.05, 0) is 18.2 Å². The van der Waals surface area contributed by atoms with Crippen molar-refractivity contribution < 1.29 is 31.1 Å². The lowest BCUT2D eigenvalue weighted by Crippen LogP contribution is -2.45. The number of rotatable bonds is 4. The van der Waals surface area contributed by atoms with Crippen LogP contribution in [0.1, 0.15) is 15.9 Å². The van der Waals surface area contributed by atoms with Gasteiger partial charge in [0, 0.05) is 11.1 Å². The quantitative estimate of drug-likeness (QED) is 0.621. The van der Waals surface area contributed by atoms with Gasteiger partial charge in [-0.3, -0.25) is 4.79 Å². The number of nitrogens with two attached hydrogens (primary N) is 1. The standard InChI is InChI=1S/C16H12F6N2O/c17-14(18)15(19,16(20,21)22)10-7-4-8-11(23)12(10)24-13(25)9-5-2-1-3-6-9/h1-8,14H,23H2,(H,24,25). The first kappa shape index (κ1) is 18.6. The van der Waals surface area contributed by atoms with E-state index in [9.17, 15) is 31.1 Å². The van der Waals surface area contributed by atoms with E-state index in [1.807, 2.05) is 5.32 Å². The first-order chi connectivity index (χ1) is 11.6. The second-order valence-corrected chi connectivity index (χ2v) is 5.10. The maximum atomic E-state index is 14.4. The highest BCUT2D eigenvalue weighted by Crippen LogP contribution is 2.50. The van der Waals surface area contributed by atoms with E-state index in [0.29, 0.717) is 6.07 Å². The summed E-state index contributed by atoms with van der Waals surface area (Å²) in [6.07, 6.45) is -10.3. The van der Waals surface area contributed by atoms with Crippen molar-refractivity contribution >= 4 is 17.3 Å². The third-order valence-electron chi connectivity index (χ3n) is 3.48. The normalized spacial score (nSPS) is 14.2. The second-order valence-electron chi connectivity index (χ2n) is 5.10. The van der Waals surface area contributed by atoms with Gasteiger partial charge in [-0.2, -0.15) is 13.2 Å². The number of alkyl halides is 6. The predicted octanol–water partition coefficient (Wildman–Crippen LogP) is 4.51. The number of hydrogen-bond acceptors (Lipinski definition) is 2.